The minimum atomic E-state index is -3.85. The molecule has 630 valence electrons. The van der Waals surface area contributed by atoms with Crippen LogP contribution in [0.5, 0.6) is 0 Å². The summed E-state index contributed by atoms with van der Waals surface area (Å²) in [7, 11) is -7.51. The third kappa shape index (κ3) is 24.5. The standard InChI is InChI=1S/C25H28N4O4S.C21H20F2N2O2S2.C20H19F2N3O2S2.C18H18N4O3S2.H2S/c1-17-4-3-5-18(2)23(17)29(25(31)20-10-14-34(32,33)15-11-20)16-22(30)28-21-8-6-19(7-9-21)24-26-12-13-27-24;1-13-20(29(3,4)27)28-21(24-13)25(2)19(26)11-14-5-7-15(8-6-14)17-12-16(22)9-10-18(17)23;1-12-19(29(3,23)27)28-20(24-12)25(2)18(26)10-13-4-6-14(7-5-13)16-11-15(21)8-9-17(16)22;1-12-17(27(19,24)25)26-18(21-12)22(2)16(23)11-13-6-8-14(9-7-13)15-5-3-4-10-20-15;/h3-9,12,20H,10-11,13-16H2,1-2H3,(H,28,30);5-10,12H,3,11H2,1-2,4H3;4-9,11H,3,10H2,1-2H3,(H2,23,27);3-10H,11H2,1-2H3,(H2,19,24,25);1H2. The number of sulfone groups is 1. The number of amides is 5. The van der Waals surface area contributed by atoms with Gasteiger partial charge in [0.25, 0.3) is 0 Å². The second-order valence-electron chi connectivity index (χ2n) is 28.0. The van der Waals surface area contributed by atoms with Crippen LogP contribution in [0.15, 0.2) is 199 Å². The lowest BCUT2D eigenvalue weighted by Crippen LogP contribution is -2.44. The number of halogens is 4. The number of thiazole rings is 3. The second kappa shape index (κ2) is 40.1. The summed E-state index contributed by atoms with van der Waals surface area (Å²) in [6.07, 6.45) is 5.93. The van der Waals surface area contributed by atoms with Gasteiger partial charge in [-0.25, -0.2) is 63.7 Å². The Bertz CT molecular complexity index is 5960. The first-order valence-corrected chi connectivity index (χ1v) is 46.2. The van der Waals surface area contributed by atoms with E-state index in [0.29, 0.717) is 75.6 Å². The zero-order valence-electron chi connectivity index (χ0n) is 66.7. The lowest BCUT2D eigenvalue weighted by molar-refractivity contribution is -0.124. The lowest BCUT2D eigenvalue weighted by atomic mass is 9.99. The Kier molecular flexibility index (Phi) is 31.1. The Morgan fingerprint density at radius 2 is 0.975 bits per heavy atom. The average molecular weight is 1790 g/mol. The van der Waals surface area contributed by atoms with Gasteiger partial charge in [0.05, 0.1) is 75.5 Å². The number of para-hydroxylation sites is 1. The smallest absolute Gasteiger partial charge is 0.249 e. The fourth-order valence-corrected chi connectivity index (χ4v) is 20.4. The van der Waals surface area contributed by atoms with E-state index in [2.05, 4.69) is 47.0 Å². The van der Waals surface area contributed by atoms with Crippen molar-refractivity contribution in [1.82, 2.24) is 19.9 Å². The SMILES string of the molecule is C=S(C)(=O)c1sc(N(C)C(=O)Cc2ccc(-c3cc(F)ccc3F)cc2)nc1C.C=S(N)(=O)c1sc(N(C)C(=O)Cc2ccc(-c3cc(F)ccc3F)cc2)nc1C.Cc1cccc(C)c1N(CC(=O)Nc1ccc(C2=NCC=N2)cc1)C(=O)C1CCS(=O)(=O)CC1.Cc1nc(N(C)C(=O)Cc2ccc(-c3ccccn3)cc2)sc1S(N)(=O)=O.S. The second-order valence-corrected chi connectivity index (χ2v) is 39.8. The molecule has 6 heterocycles. The molecular weight excluding hydrogens is 1700 g/mol. The maximum Gasteiger partial charge on any atom is 0.249 e. The van der Waals surface area contributed by atoms with Gasteiger partial charge in [0, 0.05) is 83.2 Å². The molecule has 2 unspecified atom stereocenters. The van der Waals surface area contributed by atoms with Crippen molar-refractivity contribution in [3.63, 3.8) is 0 Å². The molecular formula is C84H87F4N13O11S8. The fraction of sp³-hybridized carbons (Fsp3) is 0.226. The largest absolute Gasteiger partial charge is 0.325 e. The van der Waals surface area contributed by atoms with Crippen LogP contribution in [-0.4, -0.2) is 151 Å². The van der Waals surface area contributed by atoms with Gasteiger partial charge in [0.15, 0.2) is 25.4 Å². The minimum Gasteiger partial charge on any atom is -0.325 e. The van der Waals surface area contributed by atoms with Crippen molar-refractivity contribution in [2.24, 2.45) is 26.2 Å². The highest BCUT2D eigenvalue weighted by atomic mass is 32.2. The number of aliphatic imine (C=N–C) groups is 2. The highest BCUT2D eigenvalue weighted by Gasteiger charge is 2.34. The van der Waals surface area contributed by atoms with Crippen LogP contribution in [-0.2, 0) is 82.3 Å². The number of hydrogen-bond acceptors (Lipinski definition) is 20. The molecule has 24 nitrogen and oxygen atoms in total. The van der Waals surface area contributed by atoms with Crippen LogP contribution in [0.1, 0.15) is 63.3 Å². The van der Waals surface area contributed by atoms with Crippen molar-refractivity contribution in [2.75, 3.05) is 76.9 Å². The number of sulfonamides is 1. The number of hydrogen-bond donors (Lipinski definition) is 3. The predicted molar refractivity (Wildman–Crippen MR) is 479 cm³/mol. The Morgan fingerprint density at radius 3 is 1.37 bits per heavy atom. The average Bonchev–Trinajstić information content (AvgIpc) is 1.77. The zero-order valence-corrected chi connectivity index (χ0v) is 73.4. The van der Waals surface area contributed by atoms with Gasteiger partial charge in [-0.05, 0) is 171 Å². The molecule has 2 atom stereocenters. The lowest BCUT2D eigenvalue weighted by Gasteiger charge is -2.31. The maximum absolute atomic E-state index is 13.9. The van der Waals surface area contributed by atoms with Crippen LogP contribution in [0.2, 0.25) is 0 Å². The molecule has 0 radical (unpaired) electrons. The number of pyridine rings is 1. The predicted octanol–water partition coefficient (Wildman–Crippen LogP) is 13.3. The molecule has 1 fully saturated rings. The number of likely N-dealkylation sites (N-methyl/N-ethyl adjacent to an activating group) is 3. The highest BCUT2D eigenvalue weighted by molar-refractivity contribution is 8.01. The minimum absolute atomic E-state index is 0. The topological polar surface area (TPSA) is 341 Å². The number of benzene rings is 7. The first kappa shape index (κ1) is 93.1. The molecule has 11 aromatic rings. The molecule has 0 bridgehead atoms. The summed E-state index contributed by atoms with van der Waals surface area (Å²) in [5, 5.41) is 14.7. The highest BCUT2D eigenvalue weighted by Crippen LogP contribution is 2.35. The van der Waals surface area contributed by atoms with E-state index >= 15 is 0 Å². The molecule has 5 amide bonds. The number of nitrogens with two attached hydrogens (primary N) is 2. The normalized spacial score (nSPS) is 13.8. The first-order chi connectivity index (χ1) is 56.1. The molecule has 0 saturated carbocycles. The number of anilines is 5. The summed E-state index contributed by atoms with van der Waals surface area (Å²) in [6.45, 7) is 9.17. The number of aryl methyl sites for hydroxylation is 5. The Balaban J connectivity index is 0.000000182. The van der Waals surface area contributed by atoms with E-state index in [9.17, 15) is 66.8 Å². The molecule has 13 rings (SSSR count). The monoisotopic (exact) mass is 1790 g/mol. The molecule has 1 saturated heterocycles. The fourth-order valence-electron chi connectivity index (χ4n) is 12.5. The number of amidine groups is 1. The van der Waals surface area contributed by atoms with E-state index in [1.54, 1.807) is 121 Å². The number of primary sulfonamides is 1. The molecule has 5 N–H and O–H groups in total. The zero-order chi connectivity index (χ0) is 86.6. The number of nitrogens with zero attached hydrogens (tertiary/aromatic N) is 10. The van der Waals surface area contributed by atoms with Crippen molar-refractivity contribution in [3.05, 3.63) is 250 Å². The van der Waals surface area contributed by atoms with Gasteiger partial charge < -0.3 is 10.2 Å². The van der Waals surface area contributed by atoms with Crippen LogP contribution >= 0.6 is 47.5 Å². The Labute approximate surface area is 713 Å². The number of rotatable bonds is 21. The van der Waals surface area contributed by atoms with E-state index in [0.717, 1.165) is 98.1 Å². The van der Waals surface area contributed by atoms with E-state index in [1.807, 2.05) is 86.6 Å². The third-order valence-corrected chi connectivity index (χ3v) is 29.7. The summed E-state index contributed by atoms with van der Waals surface area (Å²) in [5.41, 5.74) is 10.8. The van der Waals surface area contributed by atoms with Gasteiger partial charge in [-0.3, -0.25) is 58.0 Å². The van der Waals surface area contributed by atoms with Crippen LogP contribution < -0.4 is 35.2 Å². The molecule has 0 aliphatic carbocycles. The van der Waals surface area contributed by atoms with Crippen molar-refractivity contribution in [1.29, 1.82) is 0 Å². The number of nitrogens with one attached hydrogen (secondary N) is 1. The van der Waals surface area contributed by atoms with E-state index in [1.165, 1.54) is 30.9 Å². The molecule has 7 aromatic carbocycles. The number of carbonyl (C=O) groups excluding carboxylic acids is 5. The molecule has 0 spiro atoms. The van der Waals surface area contributed by atoms with Crippen LogP contribution in [0.3, 0.4) is 0 Å². The summed E-state index contributed by atoms with van der Waals surface area (Å²) < 4.78 is 126. The van der Waals surface area contributed by atoms with E-state index in [-0.39, 0.29) is 114 Å². The quantitative estimate of drug-likeness (QED) is 0.0444. The van der Waals surface area contributed by atoms with Crippen molar-refractivity contribution in [3.8, 4) is 33.5 Å². The Morgan fingerprint density at radius 1 is 0.550 bits per heavy atom. The third-order valence-electron chi connectivity index (χ3n) is 18.7. The molecule has 2 aliphatic heterocycles. The van der Waals surface area contributed by atoms with Crippen molar-refractivity contribution >= 4 is 167 Å². The van der Waals surface area contributed by atoms with Gasteiger partial charge in [-0.1, -0.05) is 131 Å². The molecule has 2 aliphatic rings. The number of carbonyl (C=O) groups is 5. The molecule has 36 heteroatoms. The summed E-state index contributed by atoms with van der Waals surface area (Å²) in [5.74, 6) is 4.12. The van der Waals surface area contributed by atoms with Crippen LogP contribution in [0.25, 0.3) is 33.5 Å². The first-order valence-electron chi connectivity index (χ1n) is 36.5. The van der Waals surface area contributed by atoms with Crippen molar-refractivity contribution in [2.45, 2.75) is 79.4 Å². The number of aromatic nitrogens is 4. The molecule has 4 aromatic heterocycles. The van der Waals surface area contributed by atoms with Crippen LogP contribution in [0, 0.1) is 63.8 Å². The van der Waals surface area contributed by atoms with Gasteiger partial charge >= 0.3 is 0 Å². The van der Waals surface area contributed by atoms with E-state index in [4.69, 9.17) is 10.3 Å². The molecule has 120 heavy (non-hydrogen) atoms. The summed E-state index contributed by atoms with van der Waals surface area (Å²) in [6, 6.07) is 46.1. The van der Waals surface area contributed by atoms with Crippen LogP contribution in [0.4, 0.5) is 44.3 Å². The van der Waals surface area contributed by atoms with Gasteiger partial charge in [0.1, 0.15) is 48.1 Å². The van der Waals surface area contributed by atoms with Crippen molar-refractivity contribution < 1.29 is 66.8 Å². The van der Waals surface area contributed by atoms with Gasteiger partial charge in [0.2, 0.25) is 39.6 Å². The van der Waals surface area contributed by atoms with E-state index < -0.39 is 68.3 Å². The van der Waals surface area contributed by atoms with Gasteiger partial charge in [-0.15, -0.1) is 0 Å². The van der Waals surface area contributed by atoms with Gasteiger partial charge in [-0.2, -0.15) is 13.5 Å². The summed E-state index contributed by atoms with van der Waals surface area (Å²) in [4.78, 5) is 95.5. The maximum atomic E-state index is 13.9. The summed E-state index contributed by atoms with van der Waals surface area (Å²) >= 11 is 3.15. The Hall–Kier alpha value is -10.8.